The first kappa shape index (κ1) is 12.4. The first-order valence-corrected chi connectivity index (χ1v) is 6.87. The van der Waals surface area contributed by atoms with Crippen molar-refractivity contribution in [3.63, 3.8) is 0 Å². The average molecular weight is 252 g/mol. The van der Waals surface area contributed by atoms with Crippen LogP contribution in [0.5, 0.6) is 0 Å². The van der Waals surface area contributed by atoms with Crippen molar-refractivity contribution in [2.75, 3.05) is 7.05 Å². The summed E-state index contributed by atoms with van der Waals surface area (Å²) < 4.78 is 0. The summed E-state index contributed by atoms with van der Waals surface area (Å²) in [5.41, 5.74) is 5.72. The van der Waals surface area contributed by atoms with E-state index >= 15 is 0 Å². The second-order valence-electron chi connectivity index (χ2n) is 5.26. The summed E-state index contributed by atoms with van der Waals surface area (Å²) in [6.45, 7) is 4.12. The molecule has 0 saturated carbocycles. The molecule has 0 spiro atoms. The van der Waals surface area contributed by atoms with Gasteiger partial charge in [-0.15, -0.1) is 0 Å². The maximum Gasteiger partial charge on any atom is 0.0244 e. The van der Waals surface area contributed by atoms with Crippen LogP contribution in [0.1, 0.15) is 22.3 Å². The quantitative estimate of drug-likeness (QED) is 0.900. The monoisotopic (exact) mass is 252 g/mol. The minimum absolute atomic E-state index is 0.939. The van der Waals surface area contributed by atoms with Crippen LogP contribution in [-0.4, -0.2) is 11.9 Å². The summed E-state index contributed by atoms with van der Waals surface area (Å²) in [5, 5.41) is 3.21. The van der Waals surface area contributed by atoms with E-state index < -0.39 is 0 Å². The van der Waals surface area contributed by atoms with Crippen LogP contribution in [0, 0.1) is 0 Å². The number of hydrogen-bond acceptors (Lipinski definition) is 2. The smallest absolute Gasteiger partial charge is 0.0244 e. The fourth-order valence-corrected chi connectivity index (χ4v) is 2.82. The van der Waals surface area contributed by atoms with Gasteiger partial charge in [0.05, 0.1) is 0 Å². The molecule has 0 amide bonds. The minimum Gasteiger partial charge on any atom is -0.316 e. The van der Waals surface area contributed by atoms with E-state index in [1.165, 1.54) is 22.3 Å². The lowest BCUT2D eigenvalue weighted by Gasteiger charge is -2.15. The SMILES string of the molecule is CNCc1cccc(CN2Cc3ccccc3C2)c1. The van der Waals surface area contributed by atoms with Gasteiger partial charge in [-0.1, -0.05) is 48.5 Å². The number of nitrogens with zero attached hydrogens (tertiary/aromatic N) is 1. The van der Waals surface area contributed by atoms with Crippen molar-refractivity contribution in [3.8, 4) is 0 Å². The van der Waals surface area contributed by atoms with Gasteiger partial charge in [0, 0.05) is 26.2 Å². The van der Waals surface area contributed by atoms with Crippen LogP contribution < -0.4 is 5.32 Å². The molecule has 0 aliphatic carbocycles. The van der Waals surface area contributed by atoms with E-state index in [9.17, 15) is 0 Å². The first-order chi connectivity index (χ1) is 9.35. The lowest BCUT2D eigenvalue weighted by molar-refractivity contribution is 0.275. The zero-order chi connectivity index (χ0) is 13.1. The van der Waals surface area contributed by atoms with E-state index in [0.717, 1.165) is 26.2 Å². The summed E-state index contributed by atoms with van der Waals surface area (Å²) in [6.07, 6.45) is 0. The number of hydrogen-bond donors (Lipinski definition) is 1. The molecule has 2 aromatic rings. The Hall–Kier alpha value is -1.64. The second-order valence-corrected chi connectivity index (χ2v) is 5.26. The fourth-order valence-electron chi connectivity index (χ4n) is 2.82. The van der Waals surface area contributed by atoms with Crippen molar-refractivity contribution in [2.24, 2.45) is 0 Å². The normalized spacial score (nSPS) is 14.6. The Morgan fingerprint density at radius 3 is 2.32 bits per heavy atom. The predicted molar refractivity (Wildman–Crippen MR) is 78.6 cm³/mol. The maximum atomic E-state index is 3.21. The third kappa shape index (κ3) is 2.86. The number of rotatable bonds is 4. The van der Waals surface area contributed by atoms with Gasteiger partial charge in [-0.25, -0.2) is 0 Å². The Morgan fingerprint density at radius 2 is 1.63 bits per heavy atom. The van der Waals surface area contributed by atoms with Crippen LogP contribution in [-0.2, 0) is 26.2 Å². The summed E-state index contributed by atoms with van der Waals surface area (Å²) in [4.78, 5) is 2.50. The molecule has 0 fully saturated rings. The minimum atomic E-state index is 0.939. The van der Waals surface area contributed by atoms with Crippen LogP contribution in [0.2, 0.25) is 0 Å². The van der Waals surface area contributed by atoms with Crippen molar-refractivity contribution in [3.05, 3.63) is 70.8 Å². The highest BCUT2D eigenvalue weighted by Gasteiger charge is 2.17. The van der Waals surface area contributed by atoms with Crippen LogP contribution in [0.15, 0.2) is 48.5 Å². The highest BCUT2D eigenvalue weighted by Crippen LogP contribution is 2.24. The molecule has 3 rings (SSSR count). The topological polar surface area (TPSA) is 15.3 Å². The Bertz CT molecular complexity index is 538. The summed E-state index contributed by atoms with van der Waals surface area (Å²) in [7, 11) is 1.99. The molecule has 2 nitrogen and oxygen atoms in total. The third-order valence-corrected chi connectivity index (χ3v) is 3.68. The van der Waals surface area contributed by atoms with Crippen LogP contribution >= 0.6 is 0 Å². The molecule has 1 aliphatic heterocycles. The van der Waals surface area contributed by atoms with Gasteiger partial charge in [0.15, 0.2) is 0 Å². The van der Waals surface area contributed by atoms with Crippen molar-refractivity contribution >= 4 is 0 Å². The molecule has 1 aliphatic rings. The molecule has 0 aromatic heterocycles. The summed E-state index contributed by atoms with van der Waals surface area (Å²) in [6, 6.07) is 17.6. The molecule has 2 aromatic carbocycles. The van der Waals surface area contributed by atoms with Gasteiger partial charge in [0.25, 0.3) is 0 Å². The molecular formula is C17H20N2. The molecular weight excluding hydrogens is 232 g/mol. The molecule has 98 valence electrons. The van der Waals surface area contributed by atoms with Crippen LogP contribution in [0.25, 0.3) is 0 Å². The molecule has 1 N–H and O–H groups in total. The second kappa shape index (κ2) is 5.55. The van der Waals surface area contributed by atoms with Crippen LogP contribution in [0.4, 0.5) is 0 Å². The molecule has 0 unspecified atom stereocenters. The van der Waals surface area contributed by atoms with Gasteiger partial charge >= 0.3 is 0 Å². The molecule has 0 bridgehead atoms. The van der Waals surface area contributed by atoms with Gasteiger partial charge in [0.1, 0.15) is 0 Å². The fraction of sp³-hybridized carbons (Fsp3) is 0.294. The summed E-state index contributed by atoms with van der Waals surface area (Å²) in [5.74, 6) is 0. The lowest BCUT2D eigenvalue weighted by atomic mass is 10.1. The molecule has 1 heterocycles. The van der Waals surface area contributed by atoms with E-state index in [4.69, 9.17) is 0 Å². The highest BCUT2D eigenvalue weighted by atomic mass is 15.1. The lowest BCUT2D eigenvalue weighted by Crippen LogP contribution is -2.16. The van der Waals surface area contributed by atoms with Gasteiger partial charge in [-0.3, -0.25) is 4.90 Å². The molecule has 0 atom stereocenters. The molecule has 2 heteroatoms. The molecule has 0 saturated heterocycles. The van der Waals surface area contributed by atoms with E-state index in [2.05, 4.69) is 58.7 Å². The Morgan fingerprint density at radius 1 is 0.947 bits per heavy atom. The number of nitrogens with one attached hydrogen (secondary N) is 1. The largest absolute Gasteiger partial charge is 0.316 e. The molecule has 19 heavy (non-hydrogen) atoms. The van der Waals surface area contributed by atoms with E-state index in [1.54, 1.807) is 0 Å². The highest BCUT2D eigenvalue weighted by molar-refractivity contribution is 5.31. The third-order valence-electron chi connectivity index (χ3n) is 3.68. The Balaban J connectivity index is 1.69. The summed E-state index contributed by atoms with van der Waals surface area (Å²) >= 11 is 0. The zero-order valence-corrected chi connectivity index (χ0v) is 11.4. The number of benzene rings is 2. The van der Waals surface area contributed by atoms with Crippen molar-refractivity contribution in [2.45, 2.75) is 26.2 Å². The van der Waals surface area contributed by atoms with Gasteiger partial charge in [-0.2, -0.15) is 0 Å². The maximum absolute atomic E-state index is 3.21. The van der Waals surface area contributed by atoms with E-state index in [1.807, 2.05) is 7.05 Å². The first-order valence-electron chi connectivity index (χ1n) is 6.87. The zero-order valence-electron chi connectivity index (χ0n) is 11.4. The van der Waals surface area contributed by atoms with Gasteiger partial charge in [-0.05, 0) is 29.3 Å². The predicted octanol–water partition coefficient (Wildman–Crippen LogP) is 2.92. The van der Waals surface area contributed by atoms with E-state index in [-0.39, 0.29) is 0 Å². The van der Waals surface area contributed by atoms with Crippen molar-refractivity contribution in [1.29, 1.82) is 0 Å². The van der Waals surface area contributed by atoms with Crippen molar-refractivity contribution < 1.29 is 0 Å². The van der Waals surface area contributed by atoms with Gasteiger partial charge < -0.3 is 5.32 Å². The van der Waals surface area contributed by atoms with Gasteiger partial charge in [0.2, 0.25) is 0 Å². The Kier molecular flexibility index (Phi) is 3.62. The number of fused-ring (bicyclic) bond motifs is 1. The van der Waals surface area contributed by atoms with Crippen LogP contribution in [0.3, 0.4) is 0 Å². The van der Waals surface area contributed by atoms with Crippen molar-refractivity contribution in [1.82, 2.24) is 10.2 Å². The Labute approximate surface area is 115 Å². The van der Waals surface area contributed by atoms with E-state index in [0.29, 0.717) is 0 Å². The average Bonchev–Trinajstić information content (AvgIpc) is 2.81. The standard InChI is InChI=1S/C17H20N2/c1-18-10-14-5-4-6-15(9-14)11-19-12-16-7-2-3-8-17(16)13-19/h2-9,18H,10-13H2,1H3. The molecule has 0 radical (unpaired) electrons.